The quantitative estimate of drug-likeness (QED) is 0.907. The Morgan fingerprint density at radius 3 is 2.67 bits per heavy atom. The van der Waals surface area contributed by atoms with E-state index >= 15 is 0 Å². The summed E-state index contributed by atoms with van der Waals surface area (Å²) in [5.74, 6) is 1.38. The predicted octanol–water partition coefficient (Wildman–Crippen LogP) is 3.06. The molecule has 18 heavy (non-hydrogen) atoms. The summed E-state index contributed by atoms with van der Waals surface area (Å²) in [7, 11) is 1.65. The third-order valence-electron chi connectivity index (χ3n) is 3.07. The van der Waals surface area contributed by atoms with E-state index in [9.17, 15) is 0 Å². The summed E-state index contributed by atoms with van der Waals surface area (Å²) in [6.07, 6.45) is 1.06. The van der Waals surface area contributed by atoms with Crippen molar-refractivity contribution >= 4 is 17.0 Å². The van der Waals surface area contributed by atoms with Gasteiger partial charge in [-0.25, -0.2) is 4.98 Å². The second kappa shape index (κ2) is 4.52. The lowest BCUT2D eigenvalue weighted by Gasteiger charge is -2.18. The normalized spacial score (nSPS) is 12.0. The standard InChI is InChI=1S/C14H21N3O/c1-14(2,3)7-8-17-12-6-5-10(18-4)9-11(12)16-13(17)15/h5-6,9H,7-8H2,1-4H3,(H2,15,16). The molecule has 0 aliphatic heterocycles. The van der Waals surface area contributed by atoms with Crippen LogP contribution < -0.4 is 10.5 Å². The molecule has 1 heterocycles. The van der Waals surface area contributed by atoms with E-state index < -0.39 is 0 Å². The van der Waals surface area contributed by atoms with Crippen molar-refractivity contribution in [2.24, 2.45) is 5.41 Å². The SMILES string of the molecule is COc1ccc2c(c1)nc(N)n2CCC(C)(C)C. The number of methoxy groups -OCH3 is 1. The predicted molar refractivity (Wildman–Crippen MR) is 74.8 cm³/mol. The zero-order valence-corrected chi connectivity index (χ0v) is 11.5. The maximum absolute atomic E-state index is 5.99. The number of nitrogens with two attached hydrogens (primary N) is 1. The number of nitrogen functional groups attached to an aromatic ring is 1. The smallest absolute Gasteiger partial charge is 0.201 e. The van der Waals surface area contributed by atoms with Gasteiger partial charge in [0.25, 0.3) is 0 Å². The molecule has 0 radical (unpaired) electrons. The summed E-state index contributed by atoms with van der Waals surface area (Å²) in [5, 5.41) is 0. The van der Waals surface area contributed by atoms with Gasteiger partial charge in [0, 0.05) is 12.6 Å². The molecule has 0 saturated heterocycles. The number of anilines is 1. The number of rotatable bonds is 3. The lowest BCUT2D eigenvalue weighted by atomic mass is 9.92. The van der Waals surface area contributed by atoms with Crippen LogP contribution in [0.5, 0.6) is 5.75 Å². The van der Waals surface area contributed by atoms with E-state index in [0.717, 1.165) is 29.7 Å². The molecule has 2 rings (SSSR count). The van der Waals surface area contributed by atoms with E-state index in [0.29, 0.717) is 5.95 Å². The lowest BCUT2D eigenvalue weighted by molar-refractivity contribution is 0.354. The second-order valence-corrected chi connectivity index (χ2v) is 5.79. The number of nitrogens with zero attached hydrogens (tertiary/aromatic N) is 2. The summed E-state index contributed by atoms with van der Waals surface area (Å²) in [6, 6.07) is 5.87. The van der Waals surface area contributed by atoms with Crippen LogP contribution in [-0.4, -0.2) is 16.7 Å². The Hall–Kier alpha value is -1.71. The van der Waals surface area contributed by atoms with Crippen LogP contribution in [0.3, 0.4) is 0 Å². The van der Waals surface area contributed by atoms with Gasteiger partial charge in [0.15, 0.2) is 0 Å². The summed E-state index contributed by atoms with van der Waals surface area (Å²) >= 11 is 0. The molecule has 0 fully saturated rings. The van der Waals surface area contributed by atoms with Crippen LogP contribution in [0.4, 0.5) is 5.95 Å². The van der Waals surface area contributed by atoms with Crippen molar-refractivity contribution < 1.29 is 4.74 Å². The van der Waals surface area contributed by atoms with Crippen LogP contribution in [0.25, 0.3) is 11.0 Å². The van der Waals surface area contributed by atoms with E-state index in [1.807, 2.05) is 18.2 Å². The molecule has 4 nitrogen and oxygen atoms in total. The van der Waals surface area contributed by atoms with Crippen LogP contribution in [0.2, 0.25) is 0 Å². The number of aromatic nitrogens is 2. The van der Waals surface area contributed by atoms with E-state index in [1.165, 1.54) is 0 Å². The molecule has 2 aromatic rings. The highest BCUT2D eigenvalue weighted by molar-refractivity contribution is 5.79. The Balaban J connectivity index is 2.35. The summed E-state index contributed by atoms with van der Waals surface area (Å²) in [4.78, 5) is 4.38. The van der Waals surface area contributed by atoms with Crippen LogP contribution in [-0.2, 0) is 6.54 Å². The minimum Gasteiger partial charge on any atom is -0.497 e. The average Bonchev–Trinajstić information content (AvgIpc) is 2.60. The van der Waals surface area contributed by atoms with Crippen LogP contribution in [0.1, 0.15) is 27.2 Å². The molecule has 0 saturated carbocycles. The van der Waals surface area contributed by atoms with Crippen molar-refractivity contribution in [3.05, 3.63) is 18.2 Å². The van der Waals surface area contributed by atoms with Crippen LogP contribution >= 0.6 is 0 Å². The molecule has 1 aromatic heterocycles. The van der Waals surface area contributed by atoms with Gasteiger partial charge in [0.1, 0.15) is 5.75 Å². The fourth-order valence-corrected chi connectivity index (χ4v) is 1.94. The first kappa shape index (κ1) is 12.7. The van der Waals surface area contributed by atoms with E-state index in [1.54, 1.807) is 7.11 Å². The molecule has 0 unspecified atom stereocenters. The molecule has 2 N–H and O–H groups in total. The number of fused-ring (bicyclic) bond motifs is 1. The van der Waals surface area contributed by atoms with E-state index in [2.05, 4.69) is 30.3 Å². The first-order valence-electron chi connectivity index (χ1n) is 6.20. The average molecular weight is 247 g/mol. The highest BCUT2D eigenvalue weighted by Crippen LogP contribution is 2.26. The maximum atomic E-state index is 5.99. The van der Waals surface area contributed by atoms with Gasteiger partial charge in [-0.3, -0.25) is 0 Å². The highest BCUT2D eigenvalue weighted by Gasteiger charge is 2.14. The summed E-state index contributed by atoms with van der Waals surface area (Å²) in [5.41, 5.74) is 8.23. The Bertz CT molecular complexity index is 552. The summed E-state index contributed by atoms with van der Waals surface area (Å²) in [6.45, 7) is 7.57. The van der Waals surface area contributed by atoms with Crippen molar-refractivity contribution in [2.45, 2.75) is 33.7 Å². The molecular formula is C14H21N3O. The van der Waals surface area contributed by atoms with Crippen molar-refractivity contribution in [1.29, 1.82) is 0 Å². The highest BCUT2D eigenvalue weighted by atomic mass is 16.5. The molecule has 1 aromatic carbocycles. The fourth-order valence-electron chi connectivity index (χ4n) is 1.94. The Kier molecular flexibility index (Phi) is 3.20. The van der Waals surface area contributed by atoms with Gasteiger partial charge >= 0.3 is 0 Å². The zero-order chi connectivity index (χ0) is 13.3. The molecular weight excluding hydrogens is 226 g/mol. The molecule has 0 amide bonds. The third-order valence-corrected chi connectivity index (χ3v) is 3.07. The summed E-state index contributed by atoms with van der Waals surface area (Å²) < 4.78 is 7.27. The molecule has 0 spiro atoms. The van der Waals surface area contributed by atoms with Gasteiger partial charge in [-0.15, -0.1) is 0 Å². The molecule has 0 bridgehead atoms. The minimum absolute atomic E-state index is 0.287. The number of ether oxygens (including phenoxy) is 1. The van der Waals surface area contributed by atoms with Crippen molar-refractivity contribution in [3.8, 4) is 5.75 Å². The third kappa shape index (κ3) is 2.58. The Morgan fingerprint density at radius 2 is 2.06 bits per heavy atom. The molecule has 0 atom stereocenters. The lowest BCUT2D eigenvalue weighted by Crippen LogP contribution is -2.12. The topological polar surface area (TPSA) is 53.1 Å². The number of benzene rings is 1. The monoisotopic (exact) mass is 247 g/mol. The van der Waals surface area contributed by atoms with Crippen molar-refractivity contribution in [2.75, 3.05) is 12.8 Å². The maximum Gasteiger partial charge on any atom is 0.201 e. The van der Waals surface area contributed by atoms with Gasteiger partial charge in [-0.05, 0) is 24.0 Å². The second-order valence-electron chi connectivity index (χ2n) is 5.79. The van der Waals surface area contributed by atoms with Crippen molar-refractivity contribution in [3.63, 3.8) is 0 Å². The molecule has 98 valence electrons. The number of aryl methyl sites for hydroxylation is 1. The van der Waals surface area contributed by atoms with Crippen molar-refractivity contribution in [1.82, 2.24) is 9.55 Å². The fraction of sp³-hybridized carbons (Fsp3) is 0.500. The molecule has 4 heteroatoms. The van der Waals surface area contributed by atoms with Gasteiger partial charge < -0.3 is 15.0 Å². The molecule has 0 aliphatic rings. The van der Waals surface area contributed by atoms with Gasteiger partial charge in [-0.2, -0.15) is 0 Å². The first-order chi connectivity index (χ1) is 8.40. The van der Waals surface area contributed by atoms with Gasteiger partial charge in [-0.1, -0.05) is 20.8 Å². The zero-order valence-electron chi connectivity index (χ0n) is 11.5. The van der Waals surface area contributed by atoms with E-state index in [4.69, 9.17) is 10.5 Å². The van der Waals surface area contributed by atoms with Crippen LogP contribution in [0.15, 0.2) is 18.2 Å². The molecule has 0 aliphatic carbocycles. The van der Waals surface area contributed by atoms with Gasteiger partial charge in [0.2, 0.25) is 5.95 Å². The number of hydrogen-bond donors (Lipinski definition) is 1. The largest absolute Gasteiger partial charge is 0.497 e. The first-order valence-corrected chi connectivity index (χ1v) is 6.20. The van der Waals surface area contributed by atoms with Crippen LogP contribution in [0, 0.1) is 5.41 Å². The van der Waals surface area contributed by atoms with Gasteiger partial charge in [0.05, 0.1) is 18.1 Å². The van der Waals surface area contributed by atoms with E-state index in [-0.39, 0.29) is 5.41 Å². The Morgan fingerprint density at radius 1 is 1.33 bits per heavy atom. The number of hydrogen-bond acceptors (Lipinski definition) is 3. The minimum atomic E-state index is 0.287. The Labute approximate surface area is 108 Å². The number of imidazole rings is 1.